The van der Waals surface area contributed by atoms with Gasteiger partial charge in [0, 0.05) is 49.4 Å². The minimum atomic E-state index is -0.00872. The second kappa shape index (κ2) is 8.55. The maximum absolute atomic E-state index is 13.7. The lowest BCUT2D eigenvalue weighted by Gasteiger charge is -2.31. The van der Waals surface area contributed by atoms with Crippen molar-refractivity contribution >= 4 is 11.6 Å². The number of fused-ring (bicyclic) bond motifs is 1. The number of aromatic nitrogens is 6. The van der Waals surface area contributed by atoms with Crippen LogP contribution >= 0.6 is 0 Å². The Morgan fingerprint density at radius 2 is 1.74 bits per heavy atom. The van der Waals surface area contributed by atoms with Gasteiger partial charge < -0.3 is 4.90 Å². The lowest BCUT2D eigenvalue weighted by molar-refractivity contribution is 0.0711. The minimum Gasteiger partial charge on any atom is -0.338 e. The van der Waals surface area contributed by atoms with Crippen molar-refractivity contribution < 1.29 is 4.79 Å². The SMILES string of the molecule is O=C(c1cn(-c2ccccc2)nc1-c1cccnc1)N1CCC(c2nnc3ccccn23)CC1. The molecule has 168 valence electrons. The zero-order valence-corrected chi connectivity index (χ0v) is 18.5. The Labute approximate surface area is 196 Å². The smallest absolute Gasteiger partial charge is 0.257 e. The normalized spacial score (nSPS) is 14.5. The molecule has 0 saturated carbocycles. The van der Waals surface area contributed by atoms with E-state index in [1.54, 1.807) is 17.1 Å². The molecule has 1 aliphatic rings. The third-order valence-electron chi connectivity index (χ3n) is 6.39. The summed E-state index contributed by atoms with van der Waals surface area (Å²) in [5, 5.41) is 13.5. The molecule has 0 aliphatic carbocycles. The molecule has 4 aromatic heterocycles. The summed E-state index contributed by atoms with van der Waals surface area (Å²) in [6, 6.07) is 19.5. The molecule has 0 radical (unpaired) electrons. The maximum Gasteiger partial charge on any atom is 0.257 e. The third-order valence-corrected chi connectivity index (χ3v) is 6.39. The topological polar surface area (TPSA) is 81.2 Å². The van der Waals surface area contributed by atoms with Crippen molar-refractivity contribution in [3.8, 4) is 16.9 Å². The van der Waals surface area contributed by atoms with Crippen LogP contribution in [0.25, 0.3) is 22.6 Å². The Hall–Kier alpha value is -4.33. The van der Waals surface area contributed by atoms with Crippen molar-refractivity contribution in [3.63, 3.8) is 0 Å². The molecule has 0 bridgehead atoms. The number of pyridine rings is 2. The van der Waals surface area contributed by atoms with Gasteiger partial charge in [-0.3, -0.25) is 14.2 Å². The van der Waals surface area contributed by atoms with Gasteiger partial charge in [0.15, 0.2) is 5.65 Å². The molecule has 5 heterocycles. The number of amides is 1. The van der Waals surface area contributed by atoms with Crippen molar-refractivity contribution in [2.75, 3.05) is 13.1 Å². The van der Waals surface area contributed by atoms with Crippen LogP contribution in [0.4, 0.5) is 0 Å². The van der Waals surface area contributed by atoms with Crippen LogP contribution in [0.15, 0.2) is 85.5 Å². The highest BCUT2D eigenvalue weighted by atomic mass is 16.2. The molecule has 1 aromatic carbocycles. The van der Waals surface area contributed by atoms with E-state index in [0.29, 0.717) is 24.3 Å². The van der Waals surface area contributed by atoms with Gasteiger partial charge in [0.25, 0.3) is 5.91 Å². The van der Waals surface area contributed by atoms with Crippen LogP contribution < -0.4 is 0 Å². The van der Waals surface area contributed by atoms with E-state index in [9.17, 15) is 4.79 Å². The van der Waals surface area contributed by atoms with Crippen molar-refractivity contribution in [1.29, 1.82) is 0 Å². The minimum absolute atomic E-state index is 0.00872. The molecule has 0 spiro atoms. The monoisotopic (exact) mass is 449 g/mol. The van der Waals surface area contributed by atoms with Crippen LogP contribution in [-0.2, 0) is 0 Å². The highest BCUT2D eigenvalue weighted by molar-refractivity contribution is 6.00. The van der Waals surface area contributed by atoms with E-state index < -0.39 is 0 Å². The van der Waals surface area contributed by atoms with Gasteiger partial charge in [-0.25, -0.2) is 4.68 Å². The van der Waals surface area contributed by atoms with Crippen LogP contribution in [-0.4, -0.2) is 53.3 Å². The van der Waals surface area contributed by atoms with E-state index in [2.05, 4.69) is 15.2 Å². The largest absolute Gasteiger partial charge is 0.338 e. The molecule has 34 heavy (non-hydrogen) atoms. The summed E-state index contributed by atoms with van der Waals surface area (Å²) in [6.45, 7) is 1.32. The molecule has 0 N–H and O–H groups in total. The van der Waals surface area contributed by atoms with E-state index >= 15 is 0 Å². The molecule has 0 atom stereocenters. The first-order valence-corrected chi connectivity index (χ1v) is 11.4. The van der Waals surface area contributed by atoms with E-state index in [1.807, 2.05) is 82.4 Å². The van der Waals surface area contributed by atoms with Gasteiger partial charge in [0.2, 0.25) is 0 Å². The number of benzene rings is 1. The Kier molecular flexibility index (Phi) is 5.10. The molecule has 8 heteroatoms. The van der Waals surface area contributed by atoms with Crippen LogP contribution in [0, 0.1) is 0 Å². The number of hydrogen-bond acceptors (Lipinski definition) is 5. The van der Waals surface area contributed by atoms with Crippen LogP contribution in [0.1, 0.15) is 34.9 Å². The van der Waals surface area contributed by atoms with E-state index in [1.165, 1.54) is 0 Å². The van der Waals surface area contributed by atoms with E-state index in [0.717, 1.165) is 35.6 Å². The predicted octanol–water partition coefficient (Wildman–Crippen LogP) is 4.00. The number of likely N-dealkylation sites (tertiary alicyclic amines) is 1. The summed E-state index contributed by atoms with van der Waals surface area (Å²) in [6.07, 6.45) is 8.99. The average Bonchev–Trinajstić information content (AvgIpc) is 3.55. The Balaban J connectivity index is 1.27. The molecule has 1 amide bonds. The second-order valence-electron chi connectivity index (χ2n) is 8.47. The van der Waals surface area contributed by atoms with Gasteiger partial charge in [-0.15, -0.1) is 10.2 Å². The molecule has 6 rings (SSSR count). The Morgan fingerprint density at radius 1 is 0.912 bits per heavy atom. The van der Waals surface area contributed by atoms with Gasteiger partial charge in [0.1, 0.15) is 11.5 Å². The van der Waals surface area contributed by atoms with Gasteiger partial charge in [-0.2, -0.15) is 5.10 Å². The second-order valence-corrected chi connectivity index (χ2v) is 8.47. The van der Waals surface area contributed by atoms with Crippen molar-refractivity contribution in [2.45, 2.75) is 18.8 Å². The lowest BCUT2D eigenvalue weighted by atomic mass is 9.95. The van der Waals surface area contributed by atoms with E-state index in [4.69, 9.17) is 5.10 Å². The summed E-state index contributed by atoms with van der Waals surface area (Å²) < 4.78 is 3.82. The number of hydrogen-bond donors (Lipinski definition) is 0. The zero-order chi connectivity index (χ0) is 22.9. The fourth-order valence-corrected chi connectivity index (χ4v) is 4.61. The van der Waals surface area contributed by atoms with Crippen LogP contribution in [0.2, 0.25) is 0 Å². The summed E-state index contributed by atoms with van der Waals surface area (Å²) in [5.74, 6) is 1.23. The van der Waals surface area contributed by atoms with Crippen molar-refractivity contribution in [3.05, 3.63) is 96.8 Å². The lowest BCUT2D eigenvalue weighted by Crippen LogP contribution is -2.38. The van der Waals surface area contributed by atoms with Gasteiger partial charge >= 0.3 is 0 Å². The summed E-state index contributed by atoms with van der Waals surface area (Å²) in [4.78, 5) is 19.8. The first kappa shape index (κ1) is 20.3. The summed E-state index contributed by atoms with van der Waals surface area (Å²) >= 11 is 0. The van der Waals surface area contributed by atoms with Crippen molar-refractivity contribution in [2.24, 2.45) is 0 Å². The van der Waals surface area contributed by atoms with Gasteiger partial charge in [0.05, 0.1) is 11.3 Å². The highest BCUT2D eigenvalue weighted by Crippen LogP contribution is 2.30. The fourth-order valence-electron chi connectivity index (χ4n) is 4.61. The number of carbonyl (C=O) groups is 1. The van der Waals surface area contributed by atoms with E-state index in [-0.39, 0.29) is 11.8 Å². The molecular formula is C26H23N7O. The van der Waals surface area contributed by atoms with Crippen molar-refractivity contribution in [1.82, 2.24) is 34.3 Å². The molecule has 1 saturated heterocycles. The first-order valence-electron chi connectivity index (χ1n) is 11.4. The fraction of sp³-hybridized carbons (Fsp3) is 0.192. The van der Waals surface area contributed by atoms with Gasteiger partial charge in [-0.05, 0) is 49.2 Å². The zero-order valence-electron chi connectivity index (χ0n) is 18.5. The maximum atomic E-state index is 13.7. The summed E-state index contributed by atoms with van der Waals surface area (Å²) in [5.41, 5.74) is 3.82. The van der Waals surface area contributed by atoms with Gasteiger partial charge in [-0.1, -0.05) is 24.3 Å². The quantitative estimate of drug-likeness (QED) is 0.414. The Morgan fingerprint density at radius 3 is 2.53 bits per heavy atom. The number of carbonyl (C=O) groups excluding carboxylic acids is 1. The number of para-hydroxylation sites is 1. The molecule has 8 nitrogen and oxygen atoms in total. The average molecular weight is 450 g/mol. The molecular weight excluding hydrogens is 426 g/mol. The standard InChI is InChI=1S/C26H23N7O/c34-26(31-15-11-19(12-16-31)25-29-28-23-10-4-5-14-32(23)25)22-18-33(21-8-2-1-3-9-21)30-24(22)20-7-6-13-27-17-20/h1-10,13-14,17-19H,11-12,15-16H2. The molecule has 1 fully saturated rings. The van der Waals surface area contributed by atoms with Crippen LogP contribution in [0.5, 0.6) is 0 Å². The van der Waals surface area contributed by atoms with Crippen LogP contribution in [0.3, 0.4) is 0 Å². The number of piperidine rings is 1. The highest BCUT2D eigenvalue weighted by Gasteiger charge is 2.30. The molecule has 5 aromatic rings. The number of nitrogens with zero attached hydrogens (tertiary/aromatic N) is 7. The molecule has 1 aliphatic heterocycles. The molecule has 0 unspecified atom stereocenters. The summed E-state index contributed by atoms with van der Waals surface area (Å²) in [7, 11) is 0. The predicted molar refractivity (Wildman–Crippen MR) is 128 cm³/mol. The first-order chi connectivity index (χ1) is 16.8. The Bertz CT molecular complexity index is 1430. The third kappa shape index (κ3) is 3.63. The number of rotatable bonds is 4.